The summed E-state index contributed by atoms with van der Waals surface area (Å²) in [5.41, 5.74) is 1.25. The highest BCUT2D eigenvalue weighted by atomic mass is 32.2. The number of hydrogen-bond donors (Lipinski definition) is 0. The number of fused-ring (bicyclic) bond motifs is 1. The quantitative estimate of drug-likeness (QED) is 0.642. The van der Waals surface area contributed by atoms with Gasteiger partial charge < -0.3 is 4.57 Å². The summed E-state index contributed by atoms with van der Waals surface area (Å²) in [5.74, 6) is -0.460. The van der Waals surface area contributed by atoms with Crippen molar-refractivity contribution < 1.29 is 13.2 Å². The van der Waals surface area contributed by atoms with Crippen molar-refractivity contribution in [2.24, 2.45) is 12.0 Å². The number of carbonyl (C=O) groups is 1. The summed E-state index contributed by atoms with van der Waals surface area (Å²) in [4.78, 5) is 18.5. The number of amides is 1. The van der Waals surface area contributed by atoms with E-state index in [1.165, 1.54) is 23.5 Å². The van der Waals surface area contributed by atoms with Crippen LogP contribution in [0.15, 0.2) is 57.2 Å². The van der Waals surface area contributed by atoms with Crippen LogP contribution in [0.3, 0.4) is 0 Å². The van der Waals surface area contributed by atoms with Crippen molar-refractivity contribution >= 4 is 49.1 Å². The number of hydrogen-bond acceptors (Lipinski definition) is 5. The van der Waals surface area contributed by atoms with Crippen molar-refractivity contribution in [3.63, 3.8) is 0 Å². The van der Waals surface area contributed by atoms with E-state index in [4.69, 9.17) is 0 Å². The lowest BCUT2D eigenvalue weighted by Gasteiger charge is -2.00. The van der Waals surface area contributed by atoms with E-state index in [-0.39, 0.29) is 10.5 Å². The average molecular weight is 393 g/mol. The summed E-state index contributed by atoms with van der Waals surface area (Å²) in [6, 6.07) is 12.1. The Kier molecular flexibility index (Phi) is 4.86. The van der Waals surface area contributed by atoms with Crippen LogP contribution in [-0.4, -0.2) is 31.4 Å². The van der Waals surface area contributed by atoms with Crippen molar-refractivity contribution in [2.75, 3.05) is 12.5 Å². The first-order valence-electron chi connectivity index (χ1n) is 7.32. The molecule has 0 aliphatic heterocycles. The lowest BCUT2D eigenvalue weighted by atomic mass is 10.2. The van der Waals surface area contributed by atoms with Crippen LogP contribution in [0.2, 0.25) is 0 Å². The van der Waals surface area contributed by atoms with Crippen LogP contribution in [0.4, 0.5) is 0 Å². The largest absolute Gasteiger partial charge is 0.319 e. The molecule has 0 saturated heterocycles. The maximum atomic E-state index is 12.5. The third-order valence-corrected chi connectivity index (χ3v) is 6.65. The third kappa shape index (κ3) is 3.70. The number of benzene rings is 2. The van der Waals surface area contributed by atoms with Crippen LogP contribution < -0.4 is 4.80 Å². The Hall–Kier alpha value is -1.90. The standard InChI is InChI=1S/C17H16N2O3S3/c1-19-14-8-7-12(23-2)10-15(14)24-17(19)18-16(20)11-5-4-6-13(9-11)25(3,21)22/h4-10H,1-3H3. The summed E-state index contributed by atoms with van der Waals surface area (Å²) in [6.07, 6.45) is 3.13. The van der Waals surface area contributed by atoms with Crippen LogP contribution in [-0.2, 0) is 16.9 Å². The Morgan fingerprint density at radius 2 is 1.96 bits per heavy atom. The molecule has 0 saturated carbocycles. The molecule has 0 fully saturated rings. The zero-order valence-electron chi connectivity index (χ0n) is 13.9. The van der Waals surface area contributed by atoms with Gasteiger partial charge in [-0.2, -0.15) is 4.99 Å². The van der Waals surface area contributed by atoms with Gasteiger partial charge in [0.15, 0.2) is 14.6 Å². The van der Waals surface area contributed by atoms with Gasteiger partial charge in [-0.05, 0) is 42.7 Å². The third-order valence-electron chi connectivity index (χ3n) is 3.72. The second-order valence-corrected chi connectivity index (χ2v) is 9.40. The Morgan fingerprint density at radius 3 is 2.64 bits per heavy atom. The molecule has 1 aromatic heterocycles. The van der Waals surface area contributed by atoms with E-state index < -0.39 is 15.7 Å². The van der Waals surface area contributed by atoms with Gasteiger partial charge in [-0.25, -0.2) is 8.42 Å². The van der Waals surface area contributed by atoms with Gasteiger partial charge in [0.25, 0.3) is 5.91 Å². The molecule has 1 amide bonds. The van der Waals surface area contributed by atoms with Crippen molar-refractivity contribution in [3.8, 4) is 0 Å². The van der Waals surface area contributed by atoms with Crippen molar-refractivity contribution in [1.29, 1.82) is 0 Å². The predicted octanol–water partition coefficient (Wildman–Crippen LogP) is 3.11. The average Bonchev–Trinajstić information content (AvgIpc) is 2.89. The molecule has 3 aromatic rings. The maximum absolute atomic E-state index is 12.5. The molecule has 0 radical (unpaired) electrons. The van der Waals surface area contributed by atoms with Gasteiger partial charge in [0.05, 0.1) is 15.1 Å². The van der Waals surface area contributed by atoms with Gasteiger partial charge in [-0.3, -0.25) is 4.79 Å². The fraction of sp³-hybridized carbons (Fsp3) is 0.176. The van der Waals surface area contributed by atoms with Crippen molar-refractivity contribution in [1.82, 2.24) is 4.57 Å². The number of nitrogens with zero attached hydrogens (tertiary/aromatic N) is 2. The highest BCUT2D eigenvalue weighted by Gasteiger charge is 2.12. The molecule has 2 aromatic carbocycles. The van der Waals surface area contributed by atoms with Crippen LogP contribution in [0.25, 0.3) is 10.2 Å². The first kappa shape index (κ1) is 17.9. The van der Waals surface area contributed by atoms with E-state index in [2.05, 4.69) is 11.1 Å². The van der Waals surface area contributed by atoms with E-state index in [0.717, 1.165) is 21.4 Å². The van der Waals surface area contributed by atoms with Gasteiger partial charge in [0.1, 0.15) is 0 Å². The summed E-state index contributed by atoms with van der Waals surface area (Å²) >= 11 is 3.09. The van der Waals surface area contributed by atoms with Crippen molar-refractivity contribution in [3.05, 3.63) is 52.8 Å². The molecule has 3 rings (SSSR count). The summed E-state index contributed by atoms with van der Waals surface area (Å²) in [7, 11) is -1.51. The number of aryl methyl sites for hydroxylation is 1. The maximum Gasteiger partial charge on any atom is 0.279 e. The summed E-state index contributed by atoms with van der Waals surface area (Å²) < 4.78 is 26.2. The van der Waals surface area contributed by atoms with Gasteiger partial charge >= 0.3 is 0 Å². The molecule has 0 unspecified atom stereocenters. The molecule has 1 heterocycles. The number of carbonyl (C=O) groups excluding carboxylic acids is 1. The molecule has 0 aliphatic carbocycles. The second kappa shape index (κ2) is 6.78. The van der Waals surface area contributed by atoms with Gasteiger partial charge in [-0.1, -0.05) is 17.4 Å². The fourth-order valence-corrected chi connectivity index (χ4v) is 4.60. The van der Waals surface area contributed by atoms with E-state index in [1.54, 1.807) is 23.9 Å². The van der Waals surface area contributed by atoms with Gasteiger partial charge in [0, 0.05) is 23.8 Å². The summed E-state index contributed by atoms with van der Waals surface area (Å²) in [5, 5.41) is 0. The number of thiazole rings is 1. The smallest absolute Gasteiger partial charge is 0.279 e. The number of sulfone groups is 1. The van der Waals surface area contributed by atoms with Crippen LogP contribution >= 0.6 is 23.1 Å². The van der Waals surface area contributed by atoms with Gasteiger partial charge in [-0.15, -0.1) is 11.8 Å². The zero-order valence-corrected chi connectivity index (χ0v) is 16.3. The fourth-order valence-electron chi connectivity index (χ4n) is 2.36. The number of rotatable bonds is 3. The molecule has 8 heteroatoms. The Labute approximate surface area is 154 Å². The molecule has 0 bridgehead atoms. The molecule has 25 heavy (non-hydrogen) atoms. The van der Waals surface area contributed by atoms with Crippen molar-refractivity contribution in [2.45, 2.75) is 9.79 Å². The Balaban J connectivity index is 2.07. The molecule has 130 valence electrons. The van der Waals surface area contributed by atoms with E-state index >= 15 is 0 Å². The Bertz CT molecular complexity index is 1140. The molecular formula is C17H16N2O3S3. The number of aromatic nitrogens is 1. The van der Waals surface area contributed by atoms with Gasteiger partial charge in [0.2, 0.25) is 0 Å². The summed E-state index contributed by atoms with van der Waals surface area (Å²) in [6.45, 7) is 0. The lowest BCUT2D eigenvalue weighted by Crippen LogP contribution is -2.13. The van der Waals surface area contributed by atoms with Crippen LogP contribution in [0.1, 0.15) is 10.4 Å². The lowest BCUT2D eigenvalue weighted by molar-refractivity contribution is 0.0997. The minimum atomic E-state index is -3.37. The number of thioether (sulfide) groups is 1. The minimum absolute atomic E-state index is 0.110. The van der Waals surface area contributed by atoms with E-state index in [0.29, 0.717) is 4.80 Å². The first-order chi connectivity index (χ1) is 11.8. The Morgan fingerprint density at radius 1 is 1.20 bits per heavy atom. The minimum Gasteiger partial charge on any atom is -0.319 e. The molecule has 5 nitrogen and oxygen atoms in total. The normalized spacial score (nSPS) is 12.7. The topological polar surface area (TPSA) is 68.5 Å². The molecule has 0 spiro atoms. The van der Waals surface area contributed by atoms with Crippen LogP contribution in [0.5, 0.6) is 0 Å². The zero-order chi connectivity index (χ0) is 18.2. The second-order valence-electron chi connectivity index (χ2n) is 5.49. The monoisotopic (exact) mass is 392 g/mol. The molecule has 0 aliphatic rings. The highest BCUT2D eigenvalue weighted by molar-refractivity contribution is 7.98. The first-order valence-corrected chi connectivity index (χ1v) is 11.3. The molecule has 0 N–H and O–H groups in total. The molecular weight excluding hydrogens is 376 g/mol. The highest BCUT2D eigenvalue weighted by Crippen LogP contribution is 2.23. The van der Waals surface area contributed by atoms with E-state index in [1.807, 2.05) is 30.0 Å². The SMILES string of the molecule is CSc1ccc2c(c1)sc(=NC(=O)c1cccc(S(C)(=O)=O)c1)n2C. The van der Waals surface area contributed by atoms with E-state index in [9.17, 15) is 13.2 Å². The molecule has 0 atom stereocenters. The van der Waals surface area contributed by atoms with Crippen LogP contribution in [0, 0.1) is 0 Å². The predicted molar refractivity (Wildman–Crippen MR) is 102 cm³/mol.